The molecule has 0 radical (unpaired) electrons. The standard InChI is InChI=1S/C15H21NO2/c1-11(2)18-14-5-3-4-13(9-14)15(17)8-12-6-7-16-10-12/h3-5,9,11-12,16H,6-8,10H2,1-2H3. The van der Waals surface area contributed by atoms with E-state index in [9.17, 15) is 4.79 Å². The second-order valence-electron chi connectivity index (χ2n) is 5.18. The van der Waals surface area contributed by atoms with Crippen LogP contribution in [0.2, 0.25) is 0 Å². The number of ketones is 1. The van der Waals surface area contributed by atoms with Crippen LogP contribution in [0.25, 0.3) is 0 Å². The van der Waals surface area contributed by atoms with Gasteiger partial charge in [-0.05, 0) is 51.4 Å². The molecule has 98 valence electrons. The highest BCUT2D eigenvalue weighted by Gasteiger charge is 2.19. The van der Waals surface area contributed by atoms with Gasteiger partial charge in [-0.15, -0.1) is 0 Å². The van der Waals surface area contributed by atoms with E-state index in [1.54, 1.807) is 0 Å². The van der Waals surface area contributed by atoms with Crippen molar-refractivity contribution in [3.05, 3.63) is 29.8 Å². The normalized spacial score (nSPS) is 19.2. The van der Waals surface area contributed by atoms with Crippen LogP contribution >= 0.6 is 0 Å². The van der Waals surface area contributed by atoms with E-state index in [4.69, 9.17) is 4.74 Å². The predicted molar refractivity (Wildman–Crippen MR) is 72.1 cm³/mol. The summed E-state index contributed by atoms with van der Waals surface area (Å²) in [6, 6.07) is 7.51. The van der Waals surface area contributed by atoms with Crippen LogP contribution in [0.1, 0.15) is 37.0 Å². The lowest BCUT2D eigenvalue weighted by molar-refractivity contribution is 0.0964. The van der Waals surface area contributed by atoms with Crippen LogP contribution in [-0.4, -0.2) is 25.0 Å². The minimum Gasteiger partial charge on any atom is -0.491 e. The first-order valence-electron chi connectivity index (χ1n) is 6.66. The van der Waals surface area contributed by atoms with Crippen molar-refractivity contribution in [2.24, 2.45) is 5.92 Å². The van der Waals surface area contributed by atoms with E-state index in [0.29, 0.717) is 12.3 Å². The lowest BCUT2D eigenvalue weighted by Gasteiger charge is -2.11. The molecule has 3 heteroatoms. The van der Waals surface area contributed by atoms with E-state index in [1.165, 1.54) is 0 Å². The lowest BCUT2D eigenvalue weighted by atomic mass is 9.97. The van der Waals surface area contributed by atoms with Crippen molar-refractivity contribution in [1.29, 1.82) is 0 Å². The molecule has 1 aromatic carbocycles. The van der Waals surface area contributed by atoms with Crippen molar-refractivity contribution < 1.29 is 9.53 Å². The van der Waals surface area contributed by atoms with Gasteiger partial charge in [0.25, 0.3) is 0 Å². The molecule has 1 aliphatic rings. The Balaban J connectivity index is 2.00. The number of Topliss-reactive ketones (excluding diaryl/α,β-unsaturated/α-hetero) is 1. The van der Waals surface area contributed by atoms with Crippen molar-refractivity contribution in [2.45, 2.75) is 32.8 Å². The van der Waals surface area contributed by atoms with E-state index >= 15 is 0 Å². The van der Waals surface area contributed by atoms with Crippen LogP contribution in [0.5, 0.6) is 5.75 Å². The summed E-state index contributed by atoms with van der Waals surface area (Å²) in [6.07, 6.45) is 1.88. The van der Waals surface area contributed by atoms with Crippen molar-refractivity contribution in [2.75, 3.05) is 13.1 Å². The van der Waals surface area contributed by atoms with Gasteiger partial charge in [-0.2, -0.15) is 0 Å². The first-order valence-corrected chi connectivity index (χ1v) is 6.66. The Morgan fingerprint density at radius 3 is 3.00 bits per heavy atom. The van der Waals surface area contributed by atoms with Crippen LogP contribution in [0.15, 0.2) is 24.3 Å². The molecule has 3 nitrogen and oxygen atoms in total. The molecule has 1 fully saturated rings. The van der Waals surface area contributed by atoms with E-state index < -0.39 is 0 Å². The summed E-state index contributed by atoms with van der Waals surface area (Å²) in [5, 5.41) is 3.29. The molecule has 0 amide bonds. The number of rotatable bonds is 5. The van der Waals surface area contributed by atoms with E-state index in [-0.39, 0.29) is 11.9 Å². The zero-order valence-electron chi connectivity index (χ0n) is 11.1. The van der Waals surface area contributed by atoms with Crippen molar-refractivity contribution in [3.8, 4) is 5.75 Å². The van der Waals surface area contributed by atoms with E-state index in [0.717, 1.165) is 30.8 Å². The average molecular weight is 247 g/mol. The maximum absolute atomic E-state index is 12.2. The van der Waals surface area contributed by atoms with Gasteiger partial charge in [0, 0.05) is 12.0 Å². The largest absolute Gasteiger partial charge is 0.491 e. The highest BCUT2D eigenvalue weighted by atomic mass is 16.5. The number of benzene rings is 1. The first kappa shape index (κ1) is 13.1. The van der Waals surface area contributed by atoms with Crippen LogP contribution < -0.4 is 10.1 Å². The Bertz CT molecular complexity index is 409. The molecule has 1 atom stereocenters. The first-order chi connectivity index (χ1) is 8.65. The lowest BCUT2D eigenvalue weighted by Crippen LogP contribution is -2.13. The molecule has 1 aliphatic heterocycles. The minimum atomic E-state index is 0.134. The maximum Gasteiger partial charge on any atom is 0.163 e. The van der Waals surface area contributed by atoms with Gasteiger partial charge in [-0.1, -0.05) is 12.1 Å². The van der Waals surface area contributed by atoms with Crippen LogP contribution in [-0.2, 0) is 0 Å². The molecule has 1 N–H and O–H groups in total. The zero-order valence-corrected chi connectivity index (χ0v) is 11.1. The van der Waals surface area contributed by atoms with Gasteiger partial charge in [0.05, 0.1) is 6.10 Å². The van der Waals surface area contributed by atoms with Crippen molar-refractivity contribution >= 4 is 5.78 Å². The number of ether oxygens (including phenoxy) is 1. The van der Waals surface area contributed by atoms with Gasteiger partial charge in [0.2, 0.25) is 0 Å². The van der Waals surface area contributed by atoms with Crippen LogP contribution in [0.4, 0.5) is 0 Å². The van der Waals surface area contributed by atoms with Gasteiger partial charge in [-0.3, -0.25) is 4.79 Å². The van der Waals surface area contributed by atoms with E-state index in [1.807, 2.05) is 38.1 Å². The third kappa shape index (κ3) is 3.57. The second-order valence-corrected chi connectivity index (χ2v) is 5.18. The molecule has 1 aromatic rings. The fourth-order valence-corrected chi connectivity index (χ4v) is 2.28. The third-order valence-corrected chi connectivity index (χ3v) is 3.16. The number of nitrogens with one attached hydrogen (secondary N) is 1. The summed E-state index contributed by atoms with van der Waals surface area (Å²) in [6.45, 7) is 5.97. The average Bonchev–Trinajstić information content (AvgIpc) is 2.81. The summed E-state index contributed by atoms with van der Waals surface area (Å²) in [5.74, 6) is 1.49. The topological polar surface area (TPSA) is 38.3 Å². The smallest absolute Gasteiger partial charge is 0.163 e. The van der Waals surface area contributed by atoms with Crippen LogP contribution in [0, 0.1) is 5.92 Å². The van der Waals surface area contributed by atoms with E-state index in [2.05, 4.69) is 5.32 Å². The van der Waals surface area contributed by atoms with Gasteiger partial charge < -0.3 is 10.1 Å². The minimum absolute atomic E-state index is 0.134. The number of carbonyl (C=O) groups excluding carboxylic acids is 1. The highest BCUT2D eigenvalue weighted by Crippen LogP contribution is 2.20. The molecule has 0 saturated carbocycles. The van der Waals surface area contributed by atoms with Crippen LogP contribution in [0.3, 0.4) is 0 Å². The summed E-state index contributed by atoms with van der Waals surface area (Å²) in [5.41, 5.74) is 0.764. The number of carbonyl (C=O) groups is 1. The SMILES string of the molecule is CC(C)Oc1cccc(C(=O)CC2CCNC2)c1. The highest BCUT2D eigenvalue weighted by molar-refractivity contribution is 5.96. The van der Waals surface area contributed by atoms with Crippen molar-refractivity contribution in [1.82, 2.24) is 5.32 Å². The molecule has 1 unspecified atom stereocenters. The molecular weight excluding hydrogens is 226 g/mol. The zero-order chi connectivity index (χ0) is 13.0. The third-order valence-electron chi connectivity index (χ3n) is 3.16. The molecule has 0 aromatic heterocycles. The Kier molecular flexibility index (Phi) is 4.37. The van der Waals surface area contributed by atoms with Gasteiger partial charge in [0.1, 0.15) is 5.75 Å². The maximum atomic E-state index is 12.2. The molecule has 18 heavy (non-hydrogen) atoms. The summed E-state index contributed by atoms with van der Waals surface area (Å²) in [4.78, 5) is 12.2. The number of hydrogen-bond donors (Lipinski definition) is 1. The Hall–Kier alpha value is -1.35. The summed E-state index contributed by atoms with van der Waals surface area (Å²) in [7, 11) is 0. The molecule has 1 saturated heterocycles. The van der Waals surface area contributed by atoms with Gasteiger partial charge in [0.15, 0.2) is 5.78 Å². The summed E-state index contributed by atoms with van der Waals surface area (Å²) < 4.78 is 5.61. The fraction of sp³-hybridized carbons (Fsp3) is 0.533. The van der Waals surface area contributed by atoms with Gasteiger partial charge in [-0.25, -0.2) is 0 Å². The second kappa shape index (κ2) is 6.01. The molecule has 0 spiro atoms. The summed E-state index contributed by atoms with van der Waals surface area (Å²) >= 11 is 0. The molecule has 2 rings (SSSR count). The molecule has 0 bridgehead atoms. The molecular formula is C15H21NO2. The predicted octanol–water partition coefficient (Wildman–Crippen LogP) is 2.66. The van der Waals surface area contributed by atoms with Crippen molar-refractivity contribution in [3.63, 3.8) is 0 Å². The quantitative estimate of drug-likeness (QED) is 0.813. The van der Waals surface area contributed by atoms with Gasteiger partial charge >= 0.3 is 0 Å². The fourth-order valence-electron chi connectivity index (χ4n) is 2.28. The number of hydrogen-bond acceptors (Lipinski definition) is 3. The monoisotopic (exact) mass is 247 g/mol. The Morgan fingerprint density at radius 1 is 1.50 bits per heavy atom. The molecule has 0 aliphatic carbocycles. The molecule has 1 heterocycles. The Morgan fingerprint density at radius 2 is 2.33 bits per heavy atom. The Labute approximate surface area is 109 Å².